The van der Waals surface area contributed by atoms with Crippen molar-refractivity contribution in [2.24, 2.45) is 0 Å². The zero-order chi connectivity index (χ0) is 9.86. The quantitative estimate of drug-likeness (QED) is 0.575. The minimum absolute atomic E-state index is 0.0745. The van der Waals surface area contributed by atoms with Crippen molar-refractivity contribution in [3.05, 3.63) is 41.1 Å². The van der Waals surface area contributed by atoms with Crippen molar-refractivity contribution < 1.29 is 4.65 Å². The number of hydrogen-bond acceptors (Lipinski definition) is 2. The topological polar surface area (TPSA) is 35.1 Å². The molecule has 1 N–H and O–H groups in total. The maximum atomic E-state index is 12.0. The monoisotopic (exact) mass is 192 g/mol. The van der Waals surface area contributed by atoms with Crippen molar-refractivity contribution in [2.45, 2.75) is 6.42 Å². The van der Waals surface area contributed by atoms with Gasteiger partial charge in [0.05, 0.1) is 19.6 Å². The van der Waals surface area contributed by atoms with Crippen LogP contribution >= 0.6 is 0 Å². The molecular formula is C11H16N2O. The van der Waals surface area contributed by atoms with Gasteiger partial charge in [-0.1, -0.05) is 30.3 Å². The van der Waals surface area contributed by atoms with Gasteiger partial charge in [0.15, 0.2) is 0 Å². The highest BCUT2D eigenvalue weighted by Gasteiger charge is 2.21. The highest BCUT2D eigenvalue weighted by molar-refractivity contribution is 5.14. The van der Waals surface area contributed by atoms with E-state index in [1.807, 2.05) is 18.2 Å². The van der Waals surface area contributed by atoms with Crippen LogP contribution in [-0.2, 0) is 6.42 Å². The molecule has 0 spiro atoms. The minimum Gasteiger partial charge on any atom is -0.632 e. The molecule has 1 atom stereocenters. The van der Waals surface area contributed by atoms with Crippen LogP contribution in [0.4, 0.5) is 0 Å². The first kappa shape index (κ1) is 9.65. The van der Waals surface area contributed by atoms with Gasteiger partial charge in [0.2, 0.25) is 0 Å². The second-order valence-corrected chi connectivity index (χ2v) is 3.90. The van der Waals surface area contributed by atoms with E-state index in [-0.39, 0.29) is 4.65 Å². The van der Waals surface area contributed by atoms with Gasteiger partial charge in [0, 0.05) is 6.42 Å². The van der Waals surface area contributed by atoms with Crippen LogP contribution in [0, 0.1) is 5.21 Å². The number of nitrogens with one attached hydrogen (secondary N) is 1. The first-order chi connectivity index (χ1) is 6.79. The van der Waals surface area contributed by atoms with Crippen LogP contribution in [0.2, 0.25) is 0 Å². The maximum Gasteiger partial charge on any atom is 0.132 e. The molecule has 1 unspecified atom stereocenters. The molecule has 1 aliphatic rings. The van der Waals surface area contributed by atoms with E-state index in [1.54, 1.807) is 0 Å². The zero-order valence-electron chi connectivity index (χ0n) is 8.28. The summed E-state index contributed by atoms with van der Waals surface area (Å²) in [6.45, 7) is 2.84. The summed E-state index contributed by atoms with van der Waals surface area (Å²) >= 11 is 0. The van der Waals surface area contributed by atoms with E-state index in [1.165, 1.54) is 5.56 Å². The normalized spacial score (nSPS) is 26.6. The Morgan fingerprint density at radius 3 is 2.71 bits per heavy atom. The highest BCUT2D eigenvalue weighted by atomic mass is 16.5. The van der Waals surface area contributed by atoms with Crippen LogP contribution in [0.3, 0.4) is 0 Å². The van der Waals surface area contributed by atoms with Gasteiger partial charge in [-0.3, -0.25) is 5.32 Å². The standard InChI is InChI=1S/C11H16N2O/c14-13(9-7-12-10-13)8-6-11-4-2-1-3-5-11/h1-5,12H,6-10H2. The summed E-state index contributed by atoms with van der Waals surface area (Å²) in [6.07, 6.45) is 0.881. The van der Waals surface area contributed by atoms with Crippen LogP contribution in [-0.4, -0.2) is 30.9 Å². The average molecular weight is 192 g/mol. The van der Waals surface area contributed by atoms with Gasteiger partial charge in [-0.2, -0.15) is 0 Å². The lowest BCUT2D eigenvalue weighted by Crippen LogP contribution is -2.42. The molecule has 0 aliphatic carbocycles. The van der Waals surface area contributed by atoms with Crippen LogP contribution in [0.5, 0.6) is 0 Å². The highest BCUT2D eigenvalue weighted by Crippen LogP contribution is 2.09. The molecule has 14 heavy (non-hydrogen) atoms. The molecule has 1 heterocycles. The number of rotatable bonds is 3. The largest absolute Gasteiger partial charge is 0.632 e. The second kappa shape index (κ2) is 4.09. The van der Waals surface area contributed by atoms with E-state index in [0.717, 1.165) is 13.0 Å². The number of hydrogen-bond donors (Lipinski definition) is 1. The van der Waals surface area contributed by atoms with Crippen molar-refractivity contribution >= 4 is 0 Å². The first-order valence-corrected chi connectivity index (χ1v) is 5.10. The molecule has 1 aromatic rings. The van der Waals surface area contributed by atoms with Crippen LogP contribution in [0.1, 0.15) is 5.56 Å². The number of quaternary nitrogens is 1. The van der Waals surface area contributed by atoms with E-state index >= 15 is 0 Å². The van der Waals surface area contributed by atoms with Gasteiger partial charge < -0.3 is 9.85 Å². The smallest absolute Gasteiger partial charge is 0.132 e. The van der Waals surface area contributed by atoms with Gasteiger partial charge in [0.1, 0.15) is 6.67 Å². The summed E-state index contributed by atoms with van der Waals surface area (Å²) < 4.78 is -0.0745. The van der Waals surface area contributed by atoms with Crippen molar-refractivity contribution in [2.75, 3.05) is 26.3 Å². The maximum absolute atomic E-state index is 12.0. The Morgan fingerprint density at radius 1 is 1.29 bits per heavy atom. The Labute approximate surface area is 84.5 Å². The van der Waals surface area contributed by atoms with Gasteiger partial charge in [-0.05, 0) is 5.56 Å². The lowest BCUT2D eigenvalue weighted by Gasteiger charge is -2.37. The van der Waals surface area contributed by atoms with E-state index in [4.69, 9.17) is 0 Å². The van der Waals surface area contributed by atoms with E-state index in [0.29, 0.717) is 19.8 Å². The predicted molar refractivity (Wildman–Crippen MR) is 56.4 cm³/mol. The van der Waals surface area contributed by atoms with Crippen molar-refractivity contribution in [1.29, 1.82) is 0 Å². The summed E-state index contributed by atoms with van der Waals surface area (Å²) in [4.78, 5) is 0. The third-order valence-corrected chi connectivity index (χ3v) is 2.75. The van der Waals surface area contributed by atoms with Gasteiger partial charge >= 0.3 is 0 Å². The fourth-order valence-corrected chi connectivity index (χ4v) is 1.81. The van der Waals surface area contributed by atoms with Crippen LogP contribution in [0.15, 0.2) is 30.3 Å². The summed E-state index contributed by atoms with van der Waals surface area (Å²) in [7, 11) is 0. The Kier molecular flexibility index (Phi) is 2.82. The molecule has 1 aliphatic heterocycles. The van der Waals surface area contributed by atoms with Crippen molar-refractivity contribution in [3.63, 3.8) is 0 Å². The SMILES string of the molecule is [O-][N+]1(CCc2ccccc2)CCNC1. The summed E-state index contributed by atoms with van der Waals surface area (Å²) in [6, 6.07) is 10.2. The molecule has 0 bridgehead atoms. The lowest BCUT2D eigenvalue weighted by molar-refractivity contribution is -0.868. The molecule has 0 amide bonds. The summed E-state index contributed by atoms with van der Waals surface area (Å²) in [5, 5.41) is 15.1. The third kappa shape index (κ3) is 2.32. The Morgan fingerprint density at radius 2 is 2.07 bits per heavy atom. The fraction of sp³-hybridized carbons (Fsp3) is 0.455. The number of benzene rings is 1. The van der Waals surface area contributed by atoms with E-state index in [2.05, 4.69) is 17.4 Å². The zero-order valence-corrected chi connectivity index (χ0v) is 8.28. The van der Waals surface area contributed by atoms with E-state index < -0.39 is 0 Å². The Bertz CT molecular complexity index is 281. The Hall–Kier alpha value is -0.900. The second-order valence-electron chi connectivity index (χ2n) is 3.90. The van der Waals surface area contributed by atoms with Crippen LogP contribution < -0.4 is 5.32 Å². The van der Waals surface area contributed by atoms with Crippen LogP contribution in [0.25, 0.3) is 0 Å². The molecular weight excluding hydrogens is 176 g/mol. The average Bonchev–Trinajstić information content (AvgIpc) is 2.65. The predicted octanol–water partition coefficient (Wildman–Crippen LogP) is 1.10. The van der Waals surface area contributed by atoms with Crippen molar-refractivity contribution in [3.8, 4) is 0 Å². The molecule has 1 saturated heterocycles. The first-order valence-electron chi connectivity index (χ1n) is 5.10. The fourth-order valence-electron chi connectivity index (χ4n) is 1.81. The molecule has 2 rings (SSSR count). The summed E-state index contributed by atoms with van der Waals surface area (Å²) in [5.41, 5.74) is 1.26. The molecule has 76 valence electrons. The van der Waals surface area contributed by atoms with Crippen molar-refractivity contribution in [1.82, 2.24) is 5.32 Å². The molecule has 3 nitrogen and oxygen atoms in total. The number of hydroxylamine groups is 3. The molecule has 3 heteroatoms. The molecule has 1 aromatic carbocycles. The molecule has 0 saturated carbocycles. The molecule has 0 radical (unpaired) electrons. The van der Waals surface area contributed by atoms with Gasteiger partial charge in [-0.25, -0.2) is 0 Å². The molecule has 0 aromatic heterocycles. The van der Waals surface area contributed by atoms with Gasteiger partial charge in [0.25, 0.3) is 0 Å². The van der Waals surface area contributed by atoms with E-state index in [9.17, 15) is 5.21 Å². The summed E-state index contributed by atoms with van der Waals surface area (Å²) in [5.74, 6) is 0. The number of nitrogens with zero attached hydrogens (tertiary/aromatic N) is 1. The van der Waals surface area contributed by atoms with Gasteiger partial charge in [-0.15, -0.1) is 0 Å². The minimum atomic E-state index is -0.0745. The third-order valence-electron chi connectivity index (χ3n) is 2.75. The lowest BCUT2D eigenvalue weighted by atomic mass is 10.1. The Balaban J connectivity index is 1.88. The molecule has 1 fully saturated rings.